The van der Waals surface area contributed by atoms with Crippen LogP contribution in [0, 0.1) is 11.3 Å². The molecule has 1 heterocycles. The van der Waals surface area contributed by atoms with E-state index in [4.69, 9.17) is 16.9 Å². The van der Waals surface area contributed by atoms with E-state index in [0.29, 0.717) is 18.5 Å². The Balaban J connectivity index is 1.59. The molecule has 4 nitrogen and oxygen atoms in total. The predicted octanol–water partition coefficient (Wildman–Crippen LogP) is 4.36. The molecule has 1 saturated carbocycles. The van der Waals surface area contributed by atoms with E-state index in [1.54, 1.807) is 6.34 Å². The summed E-state index contributed by atoms with van der Waals surface area (Å²) >= 11 is 6.58. The van der Waals surface area contributed by atoms with E-state index >= 15 is 0 Å². The molecular weight excluding hydrogens is 332 g/mol. The first-order valence-corrected chi connectivity index (χ1v) is 9.48. The quantitative estimate of drug-likeness (QED) is 0.797. The van der Waals surface area contributed by atoms with Crippen molar-refractivity contribution in [3.8, 4) is 6.07 Å². The van der Waals surface area contributed by atoms with Crippen molar-refractivity contribution in [2.75, 3.05) is 6.54 Å². The Morgan fingerprint density at radius 1 is 1.24 bits per heavy atom. The van der Waals surface area contributed by atoms with E-state index in [1.807, 2.05) is 4.90 Å². The van der Waals surface area contributed by atoms with Gasteiger partial charge in [0.15, 0.2) is 0 Å². The van der Waals surface area contributed by atoms with Crippen LogP contribution in [-0.4, -0.2) is 29.9 Å². The Hall–Kier alpha value is -1.99. The number of halogens is 1. The minimum absolute atomic E-state index is 0.0435. The number of nitrogens with zero attached hydrogens (tertiary/aromatic N) is 3. The number of nitrogens with one attached hydrogen (secondary N) is 1. The lowest BCUT2D eigenvalue weighted by Crippen LogP contribution is -2.41. The van der Waals surface area contributed by atoms with Crippen molar-refractivity contribution in [3.05, 3.63) is 46.7 Å². The molecule has 0 aromatic heterocycles. The second-order valence-corrected chi connectivity index (χ2v) is 7.21. The first kappa shape index (κ1) is 17.8. The molecule has 3 rings (SSSR count). The SMILES string of the molecule is CCC1C(Cl)=C(NC2CCC(c3ccccc3)CC2)N=CN1CC#N. The fourth-order valence-electron chi connectivity index (χ4n) is 3.82. The molecule has 1 atom stereocenters. The van der Waals surface area contributed by atoms with Crippen LogP contribution in [-0.2, 0) is 0 Å². The van der Waals surface area contributed by atoms with Crippen molar-refractivity contribution in [3.63, 3.8) is 0 Å². The third-order valence-corrected chi connectivity index (χ3v) is 5.66. The Kier molecular flexibility index (Phi) is 5.99. The summed E-state index contributed by atoms with van der Waals surface area (Å²) in [5.74, 6) is 1.44. The van der Waals surface area contributed by atoms with Crippen molar-refractivity contribution in [2.45, 2.75) is 57.0 Å². The largest absolute Gasteiger partial charge is 0.366 e. The number of benzene rings is 1. The third-order valence-electron chi connectivity index (χ3n) is 5.23. The van der Waals surface area contributed by atoms with Gasteiger partial charge in [0.1, 0.15) is 12.4 Å². The molecule has 1 N–H and O–H groups in total. The van der Waals surface area contributed by atoms with Crippen LogP contribution in [0.4, 0.5) is 0 Å². The van der Waals surface area contributed by atoms with Crippen molar-refractivity contribution in [1.82, 2.24) is 10.2 Å². The first-order chi connectivity index (χ1) is 12.2. The molecule has 0 saturated heterocycles. The van der Waals surface area contributed by atoms with Crippen LogP contribution in [0.2, 0.25) is 0 Å². The van der Waals surface area contributed by atoms with Crippen LogP contribution in [0.1, 0.15) is 50.5 Å². The van der Waals surface area contributed by atoms with Gasteiger partial charge in [-0.25, -0.2) is 4.99 Å². The lowest BCUT2D eigenvalue weighted by atomic mass is 9.82. The fourth-order valence-corrected chi connectivity index (χ4v) is 4.20. The summed E-state index contributed by atoms with van der Waals surface area (Å²) < 4.78 is 0. The van der Waals surface area contributed by atoms with Crippen molar-refractivity contribution >= 4 is 17.9 Å². The fraction of sp³-hybridized carbons (Fsp3) is 0.500. The Labute approximate surface area is 155 Å². The summed E-state index contributed by atoms with van der Waals surface area (Å²) in [7, 11) is 0. The lowest BCUT2D eigenvalue weighted by Gasteiger charge is -2.34. The Morgan fingerprint density at radius 2 is 1.96 bits per heavy atom. The average Bonchev–Trinajstić information content (AvgIpc) is 2.66. The van der Waals surface area contributed by atoms with Gasteiger partial charge in [0, 0.05) is 6.04 Å². The number of aliphatic imine (C=N–C) groups is 1. The maximum Gasteiger partial charge on any atom is 0.144 e. The highest BCUT2D eigenvalue weighted by atomic mass is 35.5. The van der Waals surface area contributed by atoms with E-state index in [-0.39, 0.29) is 6.04 Å². The number of hydrogen-bond donors (Lipinski definition) is 1. The zero-order valence-electron chi connectivity index (χ0n) is 14.7. The zero-order valence-corrected chi connectivity index (χ0v) is 15.4. The molecule has 1 aliphatic carbocycles. The zero-order chi connectivity index (χ0) is 17.6. The minimum atomic E-state index is 0.0435. The predicted molar refractivity (Wildman–Crippen MR) is 102 cm³/mol. The highest BCUT2D eigenvalue weighted by Gasteiger charge is 2.27. The molecule has 132 valence electrons. The summed E-state index contributed by atoms with van der Waals surface area (Å²) in [4.78, 5) is 6.37. The molecular formula is C20H25ClN4. The molecule has 1 fully saturated rings. The molecule has 0 spiro atoms. The Morgan fingerprint density at radius 3 is 2.60 bits per heavy atom. The van der Waals surface area contributed by atoms with Gasteiger partial charge >= 0.3 is 0 Å². The Bertz CT molecular complexity index is 669. The smallest absolute Gasteiger partial charge is 0.144 e. The minimum Gasteiger partial charge on any atom is -0.366 e. The molecule has 0 radical (unpaired) electrons. The number of hydrogen-bond acceptors (Lipinski definition) is 4. The highest BCUT2D eigenvalue weighted by molar-refractivity contribution is 6.30. The van der Waals surface area contributed by atoms with Gasteiger partial charge < -0.3 is 10.2 Å². The molecule has 1 unspecified atom stereocenters. The van der Waals surface area contributed by atoms with E-state index in [1.165, 1.54) is 18.4 Å². The maximum atomic E-state index is 8.94. The molecule has 1 aromatic rings. The van der Waals surface area contributed by atoms with Crippen LogP contribution < -0.4 is 5.32 Å². The van der Waals surface area contributed by atoms with E-state index in [2.05, 4.69) is 53.6 Å². The van der Waals surface area contributed by atoms with Gasteiger partial charge in [-0.1, -0.05) is 48.9 Å². The average molecular weight is 357 g/mol. The standard InChI is InChI=1S/C20H25ClN4/c1-2-18-19(21)20(23-14-25(18)13-12-22)24-17-10-8-16(9-11-17)15-6-4-3-5-7-15/h3-7,14,16-18,24H,2,8-11,13H2,1H3. The molecule has 25 heavy (non-hydrogen) atoms. The van der Waals surface area contributed by atoms with Gasteiger partial charge in [-0.05, 0) is 43.6 Å². The summed E-state index contributed by atoms with van der Waals surface area (Å²) in [6.45, 7) is 2.40. The normalized spacial score (nSPS) is 26.4. The molecule has 0 amide bonds. The highest BCUT2D eigenvalue weighted by Crippen LogP contribution is 2.34. The molecule has 1 aromatic carbocycles. The molecule has 0 bridgehead atoms. The van der Waals surface area contributed by atoms with E-state index in [0.717, 1.165) is 30.1 Å². The maximum absolute atomic E-state index is 8.94. The summed E-state index contributed by atoms with van der Waals surface area (Å²) in [5, 5.41) is 13.2. The topological polar surface area (TPSA) is 51.4 Å². The lowest BCUT2D eigenvalue weighted by molar-refractivity contribution is 0.347. The van der Waals surface area contributed by atoms with Gasteiger partial charge in [-0.3, -0.25) is 0 Å². The second kappa shape index (κ2) is 8.40. The van der Waals surface area contributed by atoms with Crippen LogP contribution in [0.3, 0.4) is 0 Å². The summed E-state index contributed by atoms with van der Waals surface area (Å²) in [6.07, 6.45) is 7.24. The second-order valence-electron chi connectivity index (χ2n) is 6.80. The van der Waals surface area contributed by atoms with Crippen LogP contribution in [0.15, 0.2) is 46.2 Å². The number of nitriles is 1. The third kappa shape index (κ3) is 4.16. The monoisotopic (exact) mass is 356 g/mol. The first-order valence-electron chi connectivity index (χ1n) is 9.11. The molecule has 1 aliphatic heterocycles. The van der Waals surface area contributed by atoms with E-state index < -0.39 is 0 Å². The summed E-state index contributed by atoms with van der Waals surface area (Å²) in [6, 6.07) is 13.4. The van der Waals surface area contributed by atoms with Crippen molar-refractivity contribution < 1.29 is 0 Å². The van der Waals surface area contributed by atoms with Gasteiger partial charge in [-0.2, -0.15) is 5.26 Å². The molecule has 5 heteroatoms. The molecule has 2 aliphatic rings. The van der Waals surface area contributed by atoms with Crippen molar-refractivity contribution in [2.24, 2.45) is 4.99 Å². The van der Waals surface area contributed by atoms with Gasteiger partial charge in [0.25, 0.3) is 0 Å². The van der Waals surface area contributed by atoms with Gasteiger partial charge in [0.2, 0.25) is 0 Å². The number of rotatable bonds is 5. The van der Waals surface area contributed by atoms with E-state index in [9.17, 15) is 0 Å². The van der Waals surface area contributed by atoms with Crippen molar-refractivity contribution in [1.29, 1.82) is 5.26 Å². The van der Waals surface area contributed by atoms with Crippen LogP contribution in [0.5, 0.6) is 0 Å². The van der Waals surface area contributed by atoms with Gasteiger partial charge in [0.05, 0.1) is 23.5 Å². The summed E-state index contributed by atoms with van der Waals surface area (Å²) in [5.41, 5.74) is 1.45. The van der Waals surface area contributed by atoms with Gasteiger partial charge in [-0.15, -0.1) is 0 Å². The van der Waals surface area contributed by atoms with Crippen LogP contribution >= 0.6 is 11.6 Å². The van der Waals surface area contributed by atoms with Crippen LogP contribution in [0.25, 0.3) is 0 Å².